The van der Waals surface area contributed by atoms with E-state index < -0.39 is 54.1 Å². The monoisotopic (exact) mass is 287 g/mol. The lowest BCUT2D eigenvalue weighted by molar-refractivity contribution is -0.0419. The SMILES string of the molecule is CC1C(CO)OC(n2cc(C(=O)O)c(N)nc2=O)C1F. The van der Waals surface area contributed by atoms with Gasteiger partial charge in [0, 0.05) is 12.1 Å². The third kappa shape index (κ3) is 2.25. The number of nitrogens with zero attached hydrogens (tertiary/aromatic N) is 2. The second-order valence-electron chi connectivity index (χ2n) is 4.59. The van der Waals surface area contributed by atoms with Gasteiger partial charge in [0.2, 0.25) is 0 Å². The van der Waals surface area contributed by atoms with E-state index in [4.69, 9.17) is 20.7 Å². The van der Waals surface area contributed by atoms with Crippen molar-refractivity contribution in [3.8, 4) is 0 Å². The standard InChI is InChI=1S/C11H14FN3O5/c1-4-6(3-16)20-9(7(4)12)15-2-5(10(17)18)8(13)14-11(15)19/h2,4,6-7,9,16H,3H2,1H3,(H,17,18)(H2,13,14,19). The van der Waals surface area contributed by atoms with Crippen molar-refractivity contribution >= 4 is 11.8 Å². The Kier molecular flexibility index (Phi) is 3.73. The number of hydrogen-bond acceptors (Lipinski definition) is 6. The van der Waals surface area contributed by atoms with E-state index in [0.29, 0.717) is 0 Å². The molecule has 2 rings (SSSR count). The van der Waals surface area contributed by atoms with Gasteiger partial charge in [-0.1, -0.05) is 6.92 Å². The van der Waals surface area contributed by atoms with Crippen LogP contribution in [0.4, 0.5) is 10.2 Å². The predicted octanol–water partition coefficient (Wildman–Crippen LogP) is -0.612. The normalized spacial score (nSPS) is 29.6. The second-order valence-corrected chi connectivity index (χ2v) is 4.59. The van der Waals surface area contributed by atoms with Gasteiger partial charge in [-0.25, -0.2) is 14.0 Å². The summed E-state index contributed by atoms with van der Waals surface area (Å²) in [5, 5.41) is 18.0. The summed E-state index contributed by atoms with van der Waals surface area (Å²) in [7, 11) is 0. The molecule has 1 aromatic rings. The summed E-state index contributed by atoms with van der Waals surface area (Å²) >= 11 is 0. The van der Waals surface area contributed by atoms with Crippen molar-refractivity contribution in [1.82, 2.24) is 9.55 Å². The van der Waals surface area contributed by atoms with Crippen LogP contribution in [0.25, 0.3) is 0 Å². The van der Waals surface area contributed by atoms with Crippen molar-refractivity contribution in [2.75, 3.05) is 12.3 Å². The minimum absolute atomic E-state index is 0.402. The molecular weight excluding hydrogens is 273 g/mol. The van der Waals surface area contributed by atoms with Crippen LogP contribution in [0.3, 0.4) is 0 Å². The summed E-state index contributed by atoms with van der Waals surface area (Å²) in [6.45, 7) is 1.13. The molecule has 0 aliphatic carbocycles. The number of nitrogens with two attached hydrogens (primary N) is 1. The number of carboxylic acids is 1. The fourth-order valence-electron chi connectivity index (χ4n) is 2.10. The zero-order valence-electron chi connectivity index (χ0n) is 10.6. The molecule has 1 fully saturated rings. The molecule has 0 amide bonds. The van der Waals surface area contributed by atoms with Crippen molar-refractivity contribution in [2.45, 2.75) is 25.4 Å². The topological polar surface area (TPSA) is 128 Å². The molecule has 0 spiro atoms. The number of aliphatic hydroxyl groups is 1. The average Bonchev–Trinajstić information content (AvgIpc) is 2.66. The molecule has 1 aromatic heterocycles. The number of carbonyl (C=O) groups is 1. The average molecular weight is 287 g/mol. The van der Waals surface area contributed by atoms with Crippen LogP contribution >= 0.6 is 0 Å². The molecule has 1 aliphatic rings. The zero-order valence-corrected chi connectivity index (χ0v) is 10.6. The van der Waals surface area contributed by atoms with Gasteiger partial charge in [0.25, 0.3) is 0 Å². The highest BCUT2D eigenvalue weighted by atomic mass is 19.1. The van der Waals surface area contributed by atoms with Crippen LogP contribution in [0.1, 0.15) is 23.5 Å². The highest BCUT2D eigenvalue weighted by molar-refractivity contribution is 5.92. The molecule has 2 heterocycles. The van der Waals surface area contributed by atoms with E-state index in [-0.39, 0.29) is 0 Å². The number of alkyl halides is 1. The first-order valence-electron chi connectivity index (χ1n) is 5.89. The lowest BCUT2D eigenvalue weighted by Crippen LogP contribution is -2.33. The highest BCUT2D eigenvalue weighted by Crippen LogP contribution is 2.35. The molecule has 1 saturated heterocycles. The van der Waals surface area contributed by atoms with Gasteiger partial charge in [-0.15, -0.1) is 0 Å². The van der Waals surface area contributed by atoms with Crippen LogP contribution in [0.2, 0.25) is 0 Å². The number of halogens is 1. The third-order valence-corrected chi connectivity index (χ3v) is 3.34. The predicted molar refractivity (Wildman–Crippen MR) is 64.9 cm³/mol. The molecule has 4 N–H and O–H groups in total. The molecule has 0 aromatic carbocycles. The van der Waals surface area contributed by atoms with Gasteiger partial charge in [-0.3, -0.25) is 4.57 Å². The molecule has 110 valence electrons. The Morgan fingerprint density at radius 1 is 1.65 bits per heavy atom. The van der Waals surface area contributed by atoms with Crippen LogP contribution in [0, 0.1) is 5.92 Å². The van der Waals surface area contributed by atoms with Gasteiger partial charge < -0.3 is 20.7 Å². The Labute approximate surface area is 112 Å². The van der Waals surface area contributed by atoms with Crippen LogP contribution < -0.4 is 11.4 Å². The maximum atomic E-state index is 14.1. The molecule has 0 bridgehead atoms. The van der Waals surface area contributed by atoms with E-state index in [1.807, 2.05) is 0 Å². The van der Waals surface area contributed by atoms with Crippen molar-refractivity contribution < 1.29 is 24.1 Å². The van der Waals surface area contributed by atoms with E-state index in [9.17, 15) is 14.0 Å². The van der Waals surface area contributed by atoms with Crippen molar-refractivity contribution in [3.63, 3.8) is 0 Å². The number of aromatic nitrogens is 2. The van der Waals surface area contributed by atoms with Crippen molar-refractivity contribution in [3.05, 3.63) is 22.2 Å². The summed E-state index contributed by atoms with van der Waals surface area (Å²) in [6.07, 6.45) is -2.78. The molecule has 8 nitrogen and oxygen atoms in total. The highest BCUT2D eigenvalue weighted by Gasteiger charge is 2.43. The Bertz CT molecular complexity index is 590. The quantitative estimate of drug-likeness (QED) is 0.676. The minimum Gasteiger partial charge on any atom is -0.478 e. The first-order chi connectivity index (χ1) is 9.36. The van der Waals surface area contributed by atoms with Gasteiger partial charge in [-0.2, -0.15) is 4.98 Å². The summed E-state index contributed by atoms with van der Waals surface area (Å²) in [4.78, 5) is 26.0. The van der Waals surface area contributed by atoms with Gasteiger partial charge in [0.1, 0.15) is 11.4 Å². The van der Waals surface area contributed by atoms with E-state index in [1.54, 1.807) is 0 Å². The van der Waals surface area contributed by atoms with E-state index >= 15 is 0 Å². The summed E-state index contributed by atoms with van der Waals surface area (Å²) in [5.74, 6) is -2.47. The van der Waals surface area contributed by atoms with Crippen LogP contribution in [0.15, 0.2) is 11.0 Å². The number of aromatic carboxylic acids is 1. The number of hydrogen-bond donors (Lipinski definition) is 3. The molecule has 20 heavy (non-hydrogen) atoms. The second kappa shape index (κ2) is 5.17. The van der Waals surface area contributed by atoms with Crippen molar-refractivity contribution in [1.29, 1.82) is 0 Å². The summed E-state index contributed by atoms with van der Waals surface area (Å²) < 4.78 is 20.1. The molecule has 4 atom stereocenters. The number of anilines is 1. The molecule has 1 aliphatic heterocycles. The molecule has 4 unspecified atom stereocenters. The molecule has 0 radical (unpaired) electrons. The largest absolute Gasteiger partial charge is 0.478 e. The first kappa shape index (κ1) is 14.4. The van der Waals surface area contributed by atoms with Crippen molar-refractivity contribution in [2.24, 2.45) is 5.92 Å². The summed E-state index contributed by atoms with van der Waals surface area (Å²) in [6, 6.07) is 0. The first-order valence-corrected chi connectivity index (χ1v) is 5.89. The van der Waals surface area contributed by atoms with Gasteiger partial charge in [0.05, 0.1) is 12.7 Å². The molecular formula is C11H14FN3O5. The fraction of sp³-hybridized carbons (Fsp3) is 0.545. The Morgan fingerprint density at radius 3 is 2.80 bits per heavy atom. The smallest absolute Gasteiger partial charge is 0.351 e. The van der Waals surface area contributed by atoms with Crippen LogP contribution in [-0.4, -0.2) is 44.6 Å². The molecule has 0 saturated carbocycles. The Morgan fingerprint density at radius 2 is 2.30 bits per heavy atom. The number of carboxylic acid groups (broad SMARTS) is 1. The van der Waals surface area contributed by atoms with E-state index in [0.717, 1.165) is 10.8 Å². The minimum atomic E-state index is -1.57. The maximum absolute atomic E-state index is 14.1. The number of ether oxygens (including phenoxy) is 1. The third-order valence-electron chi connectivity index (χ3n) is 3.34. The van der Waals surface area contributed by atoms with Crippen LogP contribution in [0.5, 0.6) is 0 Å². The fourth-order valence-corrected chi connectivity index (χ4v) is 2.10. The lowest BCUT2D eigenvalue weighted by Gasteiger charge is -2.17. The maximum Gasteiger partial charge on any atom is 0.351 e. The number of aliphatic hydroxyl groups excluding tert-OH is 1. The van der Waals surface area contributed by atoms with Crippen LogP contribution in [-0.2, 0) is 4.74 Å². The number of rotatable bonds is 3. The summed E-state index contributed by atoms with van der Waals surface area (Å²) in [5.41, 5.74) is 4.00. The van der Waals surface area contributed by atoms with Gasteiger partial charge >= 0.3 is 11.7 Å². The van der Waals surface area contributed by atoms with Gasteiger partial charge in [0.15, 0.2) is 12.4 Å². The zero-order chi connectivity index (χ0) is 15.0. The Balaban J connectivity index is 2.46. The number of nitrogen functional groups attached to an aromatic ring is 1. The van der Waals surface area contributed by atoms with Gasteiger partial charge in [-0.05, 0) is 0 Å². The van der Waals surface area contributed by atoms with E-state index in [2.05, 4.69) is 4.98 Å². The van der Waals surface area contributed by atoms with E-state index in [1.165, 1.54) is 6.92 Å². The molecule has 9 heteroatoms. The lowest BCUT2D eigenvalue weighted by atomic mass is 10.0. The Hall–Kier alpha value is -2.00.